The number of nitrogens with one attached hydrogen (secondary N) is 2. The Morgan fingerprint density at radius 3 is 2.68 bits per heavy atom. The Labute approximate surface area is 151 Å². The molecule has 0 saturated carbocycles. The predicted octanol–water partition coefficient (Wildman–Crippen LogP) is 2.06. The van der Waals surface area contributed by atoms with Crippen molar-refractivity contribution in [1.82, 2.24) is 15.6 Å². The van der Waals surface area contributed by atoms with Gasteiger partial charge < -0.3 is 20.3 Å². The average Bonchev–Trinajstić information content (AvgIpc) is 2.65. The Morgan fingerprint density at radius 2 is 2.12 bits per heavy atom. The SMILES string of the molecule is CCCN(CC)c1ccc(C(=O)NCC2(COC)CCNCC2)cn1. The third kappa shape index (κ3) is 5.41. The second kappa shape index (κ2) is 9.73. The van der Waals surface area contributed by atoms with Gasteiger partial charge in [0, 0.05) is 38.4 Å². The Morgan fingerprint density at radius 1 is 1.36 bits per heavy atom. The minimum atomic E-state index is -0.0633. The van der Waals surface area contributed by atoms with E-state index < -0.39 is 0 Å². The summed E-state index contributed by atoms with van der Waals surface area (Å²) in [5.74, 6) is 0.863. The summed E-state index contributed by atoms with van der Waals surface area (Å²) >= 11 is 0. The number of methoxy groups -OCH3 is 1. The van der Waals surface area contributed by atoms with Gasteiger partial charge in [-0.05, 0) is 51.4 Å². The van der Waals surface area contributed by atoms with Gasteiger partial charge in [-0.2, -0.15) is 0 Å². The summed E-state index contributed by atoms with van der Waals surface area (Å²) in [4.78, 5) is 19.2. The maximum absolute atomic E-state index is 12.5. The zero-order chi connectivity index (χ0) is 18.1. The summed E-state index contributed by atoms with van der Waals surface area (Å²) in [6, 6.07) is 3.80. The van der Waals surface area contributed by atoms with Crippen molar-refractivity contribution in [1.29, 1.82) is 0 Å². The van der Waals surface area contributed by atoms with Crippen molar-refractivity contribution in [3.63, 3.8) is 0 Å². The summed E-state index contributed by atoms with van der Waals surface area (Å²) in [6.07, 6.45) is 4.78. The number of hydrogen-bond donors (Lipinski definition) is 2. The smallest absolute Gasteiger partial charge is 0.252 e. The molecule has 0 radical (unpaired) electrons. The zero-order valence-corrected chi connectivity index (χ0v) is 15.8. The molecule has 1 saturated heterocycles. The molecular formula is C19H32N4O2. The molecule has 2 rings (SSSR count). The van der Waals surface area contributed by atoms with Gasteiger partial charge in [-0.1, -0.05) is 6.92 Å². The van der Waals surface area contributed by atoms with E-state index in [2.05, 4.69) is 34.4 Å². The highest BCUT2D eigenvalue weighted by atomic mass is 16.5. The Balaban J connectivity index is 1.95. The van der Waals surface area contributed by atoms with Crippen LogP contribution >= 0.6 is 0 Å². The fourth-order valence-corrected chi connectivity index (χ4v) is 3.42. The number of amides is 1. The molecule has 0 bridgehead atoms. The van der Waals surface area contributed by atoms with Crippen LogP contribution in [0.4, 0.5) is 5.82 Å². The van der Waals surface area contributed by atoms with Crippen molar-refractivity contribution in [2.24, 2.45) is 5.41 Å². The molecule has 1 aromatic rings. The van der Waals surface area contributed by atoms with E-state index in [1.165, 1.54) is 0 Å². The number of aromatic nitrogens is 1. The first kappa shape index (κ1) is 19.7. The van der Waals surface area contributed by atoms with Crippen LogP contribution in [0.2, 0.25) is 0 Å². The molecule has 2 N–H and O–H groups in total. The summed E-state index contributed by atoms with van der Waals surface area (Å²) in [5.41, 5.74) is 0.640. The first-order chi connectivity index (χ1) is 12.1. The molecule has 1 fully saturated rings. The molecule has 1 aromatic heterocycles. The van der Waals surface area contributed by atoms with Gasteiger partial charge >= 0.3 is 0 Å². The summed E-state index contributed by atoms with van der Waals surface area (Å²) in [7, 11) is 1.73. The molecule has 0 aliphatic carbocycles. The van der Waals surface area contributed by atoms with Crippen molar-refractivity contribution < 1.29 is 9.53 Å². The third-order valence-electron chi connectivity index (χ3n) is 4.95. The van der Waals surface area contributed by atoms with E-state index in [-0.39, 0.29) is 11.3 Å². The highest BCUT2D eigenvalue weighted by Gasteiger charge is 2.32. The van der Waals surface area contributed by atoms with E-state index in [4.69, 9.17) is 4.74 Å². The fourth-order valence-electron chi connectivity index (χ4n) is 3.42. The number of ether oxygens (including phenoxy) is 1. The van der Waals surface area contributed by atoms with Crippen LogP contribution in [0, 0.1) is 5.41 Å². The van der Waals surface area contributed by atoms with Crippen LogP contribution in [0.15, 0.2) is 18.3 Å². The number of anilines is 1. The van der Waals surface area contributed by atoms with Gasteiger partial charge in [0.05, 0.1) is 12.2 Å². The van der Waals surface area contributed by atoms with Gasteiger partial charge in [0.15, 0.2) is 0 Å². The topological polar surface area (TPSA) is 66.5 Å². The lowest BCUT2D eigenvalue weighted by Crippen LogP contribution is -2.47. The number of hydrogen-bond acceptors (Lipinski definition) is 5. The van der Waals surface area contributed by atoms with Crippen LogP contribution in [-0.2, 0) is 4.74 Å². The second-order valence-electron chi connectivity index (χ2n) is 6.85. The van der Waals surface area contributed by atoms with E-state index in [0.29, 0.717) is 18.7 Å². The minimum Gasteiger partial charge on any atom is -0.384 e. The van der Waals surface area contributed by atoms with Gasteiger partial charge in [-0.3, -0.25) is 4.79 Å². The van der Waals surface area contributed by atoms with Crippen molar-refractivity contribution >= 4 is 11.7 Å². The van der Waals surface area contributed by atoms with Crippen LogP contribution in [0.3, 0.4) is 0 Å². The highest BCUT2D eigenvalue weighted by molar-refractivity contribution is 5.94. The van der Waals surface area contributed by atoms with Crippen LogP contribution in [0.25, 0.3) is 0 Å². The van der Waals surface area contributed by atoms with Crippen molar-refractivity contribution in [2.75, 3.05) is 51.3 Å². The van der Waals surface area contributed by atoms with Crippen molar-refractivity contribution in [3.8, 4) is 0 Å². The first-order valence-electron chi connectivity index (χ1n) is 9.33. The van der Waals surface area contributed by atoms with Gasteiger partial charge in [-0.15, -0.1) is 0 Å². The average molecular weight is 348 g/mol. The number of pyridine rings is 1. The number of nitrogens with zero attached hydrogens (tertiary/aromatic N) is 2. The second-order valence-corrected chi connectivity index (χ2v) is 6.85. The quantitative estimate of drug-likeness (QED) is 0.715. The third-order valence-corrected chi connectivity index (χ3v) is 4.95. The Hall–Kier alpha value is -1.66. The predicted molar refractivity (Wildman–Crippen MR) is 101 cm³/mol. The molecule has 0 atom stereocenters. The summed E-state index contributed by atoms with van der Waals surface area (Å²) in [5, 5.41) is 6.45. The maximum Gasteiger partial charge on any atom is 0.252 e. The van der Waals surface area contributed by atoms with Gasteiger partial charge in [0.1, 0.15) is 5.82 Å². The monoisotopic (exact) mass is 348 g/mol. The molecule has 140 valence electrons. The number of piperidine rings is 1. The lowest BCUT2D eigenvalue weighted by molar-refractivity contribution is 0.0511. The van der Waals surface area contributed by atoms with Gasteiger partial charge in [0.2, 0.25) is 0 Å². The molecule has 1 aliphatic heterocycles. The Kier molecular flexibility index (Phi) is 7.65. The van der Waals surface area contributed by atoms with Crippen LogP contribution in [0.5, 0.6) is 0 Å². The molecule has 0 spiro atoms. The highest BCUT2D eigenvalue weighted by Crippen LogP contribution is 2.28. The molecule has 25 heavy (non-hydrogen) atoms. The van der Waals surface area contributed by atoms with Crippen molar-refractivity contribution in [2.45, 2.75) is 33.1 Å². The maximum atomic E-state index is 12.5. The van der Waals surface area contributed by atoms with E-state index >= 15 is 0 Å². The molecule has 6 heteroatoms. The number of rotatable bonds is 9. The molecule has 1 aliphatic rings. The van der Waals surface area contributed by atoms with Crippen LogP contribution in [-0.4, -0.2) is 57.3 Å². The van der Waals surface area contributed by atoms with Crippen molar-refractivity contribution in [3.05, 3.63) is 23.9 Å². The van der Waals surface area contributed by atoms with E-state index in [1.54, 1.807) is 13.3 Å². The van der Waals surface area contributed by atoms with Crippen LogP contribution in [0.1, 0.15) is 43.5 Å². The zero-order valence-electron chi connectivity index (χ0n) is 15.8. The van der Waals surface area contributed by atoms with Gasteiger partial charge in [-0.25, -0.2) is 4.98 Å². The molecule has 0 aromatic carbocycles. The normalized spacial score (nSPS) is 16.4. The molecular weight excluding hydrogens is 316 g/mol. The largest absolute Gasteiger partial charge is 0.384 e. The van der Waals surface area contributed by atoms with Crippen LogP contribution < -0.4 is 15.5 Å². The lowest BCUT2D eigenvalue weighted by Gasteiger charge is -2.37. The molecule has 6 nitrogen and oxygen atoms in total. The molecule has 1 amide bonds. The van der Waals surface area contributed by atoms with E-state index in [9.17, 15) is 4.79 Å². The molecule has 0 unspecified atom stereocenters. The minimum absolute atomic E-state index is 0.0309. The first-order valence-corrected chi connectivity index (χ1v) is 9.33. The number of carbonyl (C=O) groups excluding carboxylic acids is 1. The summed E-state index contributed by atoms with van der Waals surface area (Å²) < 4.78 is 5.40. The van der Waals surface area contributed by atoms with E-state index in [0.717, 1.165) is 51.3 Å². The number of carbonyl (C=O) groups is 1. The van der Waals surface area contributed by atoms with Gasteiger partial charge in [0.25, 0.3) is 5.91 Å². The Bertz CT molecular complexity index is 521. The fraction of sp³-hybridized carbons (Fsp3) is 0.684. The summed E-state index contributed by atoms with van der Waals surface area (Å²) in [6.45, 7) is 9.42. The van der Waals surface area contributed by atoms with E-state index in [1.807, 2.05) is 12.1 Å². The standard InChI is InChI=1S/C19H32N4O2/c1-4-12-23(5-2)17-7-6-16(13-21-17)18(24)22-14-19(15-25-3)8-10-20-11-9-19/h6-7,13,20H,4-5,8-12,14-15H2,1-3H3,(H,22,24). The lowest BCUT2D eigenvalue weighted by atomic mass is 9.79. The molecule has 2 heterocycles.